The quantitative estimate of drug-likeness (QED) is 0.592. The van der Waals surface area contributed by atoms with Crippen molar-refractivity contribution in [3.63, 3.8) is 0 Å². The summed E-state index contributed by atoms with van der Waals surface area (Å²) < 4.78 is 26.1. The number of aryl methyl sites for hydroxylation is 1. The lowest BCUT2D eigenvalue weighted by Crippen LogP contribution is -2.52. The molecule has 0 saturated carbocycles. The van der Waals surface area contributed by atoms with Crippen LogP contribution in [0.4, 0.5) is 5.69 Å². The van der Waals surface area contributed by atoms with Crippen LogP contribution < -0.4 is 9.62 Å². The van der Waals surface area contributed by atoms with Crippen molar-refractivity contribution in [2.45, 2.75) is 52.7 Å². The fraction of sp³-hybridized carbons (Fsp3) is 0.417. The molecule has 8 heteroatoms. The van der Waals surface area contributed by atoms with E-state index < -0.39 is 28.5 Å². The summed E-state index contributed by atoms with van der Waals surface area (Å²) in [7, 11) is -3.72. The lowest BCUT2D eigenvalue weighted by atomic mass is 10.1. The predicted molar refractivity (Wildman–Crippen MR) is 128 cm³/mol. The van der Waals surface area contributed by atoms with Gasteiger partial charge in [0.25, 0.3) is 0 Å². The highest BCUT2D eigenvalue weighted by atomic mass is 32.2. The van der Waals surface area contributed by atoms with Gasteiger partial charge in [0.05, 0.1) is 11.9 Å². The number of hydrogen-bond donors (Lipinski definition) is 1. The zero-order valence-electron chi connectivity index (χ0n) is 19.4. The van der Waals surface area contributed by atoms with E-state index in [0.29, 0.717) is 5.69 Å². The molecular formula is C24H33N3O4S. The van der Waals surface area contributed by atoms with Gasteiger partial charge in [0.1, 0.15) is 12.6 Å². The van der Waals surface area contributed by atoms with E-state index in [0.717, 1.165) is 28.1 Å². The van der Waals surface area contributed by atoms with Crippen molar-refractivity contribution in [1.82, 2.24) is 10.2 Å². The number of hydrogen-bond acceptors (Lipinski definition) is 4. The van der Waals surface area contributed by atoms with Crippen LogP contribution in [0.15, 0.2) is 54.6 Å². The van der Waals surface area contributed by atoms with Crippen molar-refractivity contribution >= 4 is 27.5 Å². The average molecular weight is 460 g/mol. The first-order valence-electron chi connectivity index (χ1n) is 10.7. The van der Waals surface area contributed by atoms with E-state index in [1.807, 2.05) is 51.1 Å². The van der Waals surface area contributed by atoms with Crippen LogP contribution in [0.3, 0.4) is 0 Å². The molecule has 1 N–H and O–H groups in total. The number of sulfonamides is 1. The van der Waals surface area contributed by atoms with Crippen molar-refractivity contribution in [2.75, 3.05) is 17.1 Å². The molecule has 2 aromatic carbocycles. The van der Waals surface area contributed by atoms with Crippen LogP contribution in [0.5, 0.6) is 0 Å². The molecule has 32 heavy (non-hydrogen) atoms. The molecule has 0 aliphatic rings. The first-order valence-corrected chi connectivity index (χ1v) is 12.6. The van der Waals surface area contributed by atoms with Crippen LogP contribution in [0, 0.1) is 6.92 Å². The number of amides is 2. The molecule has 0 bridgehead atoms. The second kappa shape index (κ2) is 11.1. The second-order valence-corrected chi connectivity index (χ2v) is 10.0. The molecule has 0 aromatic heterocycles. The maximum Gasteiger partial charge on any atom is 0.244 e. The summed E-state index contributed by atoms with van der Waals surface area (Å²) >= 11 is 0. The molecule has 0 unspecified atom stereocenters. The van der Waals surface area contributed by atoms with E-state index in [4.69, 9.17) is 0 Å². The summed E-state index contributed by atoms with van der Waals surface area (Å²) in [6, 6.07) is 15.5. The molecule has 0 radical (unpaired) electrons. The summed E-state index contributed by atoms with van der Waals surface area (Å²) in [6.45, 7) is 7.23. The monoisotopic (exact) mass is 459 g/mol. The van der Waals surface area contributed by atoms with Gasteiger partial charge in [-0.15, -0.1) is 0 Å². The fourth-order valence-corrected chi connectivity index (χ4v) is 4.00. The zero-order valence-corrected chi connectivity index (χ0v) is 20.2. The van der Waals surface area contributed by atoms with E-state index in [2.05, 4.69) is 5.32 Å². The highest BCUT2D eigenvalue weighted by Gasteiger charge is 2.30. The molecule has 0 saturated heterocycles. The topological polar surface area (TPSA) is 86.8 Å². The molecule has 2 aromatic rings. The maximum absolute atomic E-state index is 13.4. The molecule has 174 valence electrons. The van der Waals surface area contributed by atoms with Crippen LogP contribution >= 0.6 is 0 Å². The van der Waals surface area contributed by atoms with Gasteiger partial charge in [0, 0.05) is 12.6 Å². The number of carbonyl (C=O) groups is 2. The molecule has 2 atom stereocenters. The highest BCUT2D eigenvalue weighted by Crippen LogP contribution is 2.19. The Morgan fingerprint density at radius 3 is 2.12 bits per heavy atom. The first kappa shape index (κ1) is 25.4. The molecule has 0 aliphatic heterocycles. The fourth-order valence-electron chi connectivity index (χ4n) is 3.15. The first-order chi connectivity index (χ1) is 15.0. The van der Waals surface area contributed by atoms with Gasteiger partial charge in [-0.25, -0.2) is 8.42 Å². The Labute approximate surface area is 191 Å². The van der Waals surface area contributed by atoms with E-state index in [-0.39, 0.29) is 18.5 Å². The van der Waals surface area contributed by atoms with Gasteiger partial charge in [0.2, 0.25) is 21.8 Å². The number of nitrogens with zero attached hydrogens (tertiary/aromatic N) is 2. The van der Waals surface area contributed by atoms with Gasteiger partial charge in [-0.05, 0) is 44.9 Å². The molecule has 0 aliphatic carbocycles. The number of rotatable bonds is 10. The molecule has 7 nitrogen and oxygen atoms in total. The number of carbonyl (C=O) groups excluding carboxylic acids is 2. The van der Waals surface area contributed by atoms with Crippen LogP contribution in [0.2, 0.25) is 0 Å². The lowest BCUT2D eigenvalue weighted by molar-refractivity contribution is -0.139. The lowest BCUT2D eigenvalue weighted by Gasteiger charge is -2.32. The molecular weight excluding hydrogens is 426 g/mol. The summed E-state index contributed by atoms with van der Waals surface area (Å²) in [4.78, 5) is 27.6. The molecule has 0 spiro atoms. The van der Waals surface area contributed by atoms with Gasteiger partial charge < -0.3 is 10.2 Å². The second-order valence-electron chi connectivity index (χ2n) is 8.11. The third-order valence-electron chi connectivity index (χ3n) is 5.37. The Balaban J connectivity index is 2.34. The van der Waals surface area contributed by atoms with E-state index in [1.54, 1.807) is 31.2 Å². The van der Waals surface area contributed by atoms with Crippen LogP contribution in [-0.2, 0) is 26.2 Å². The minimum absolute atomic E-state index is 0.0290. The van der Waals surface area contributed by atoms with Crippen LogP contribution in [-0.4, -0.2) is 50.0 Å². The van der Waals surface area contributed by atoms with Gasteiger partial charge in [0.15, 0.2) is 0 Å². The summed E-state index contributed by atoms with van der Waals surface area (Å²) in [6.07, 6.45) is 1.83. The normalized spacial score (nSPS) is 13.2. The number of anilines is 1. The minimum atomic E-state index is -3.72. The Kier molecular flexibility index (Phi) is 8.83. The molecule has 0 fully saturated rings. The summed E-state index contributed by atoms with van der Waals surface area (Å²) in [5.41, 5.74) is 2.24. The third kappa shape index (κ3) is 7.09. The average Bonchev–Trinajstić information content (AvgIpc) is 2.75. The Hall–Kier alpha value is -2.87. The van der Waals surface area contributed by atoms with Crippen molar-refractivity contribution in [2.24, 2.45) is 0 Å². The van der Waals surface area contributed by atoms with Gasteiger partial charge in [-0.3, -0.25) is 13.9 Å². The smallest absolute Gasteiger partial charge is 0.244 e. The largest absolute Gasteiger partial charge is 0.352 e. The SMILES string of the molecule is CC[C@H](C)NC(=O)[C@@H](C)N(Cc1ccccc1)C(=O)CN(c1ccc(C)cc1)S(C)(=O)=O. The standard InChI is InChI=1S/C24H33N3O4S/c1-6-19(3)25-24(29)20(4)26(16-21-10-8-7-9-11-21)23(28)17-27(32(5,30)31)22-14-12-18(2)13-15-22/h7-15,19-20H,6,16-17H2,1-5H3,(H,25,29)/t19-,20+/m0/s1. The predicted octanol–water partition coefficient (Wildman–Crippen LogP) is 3.09. The van der Waals surface area contributed by atoms with Gasteiger partial charge >= 0.3 is 0 Å². The summed E-state index contributed by atoms with van der Waals surface area (Å²) in [5, 5.41) is 2.91. The van der Waals surface area contributed by atoms with E-state index in [9.17, 15) is 18.0 Å². The molecule has 2 rings (SSSR count). The van der Waals surface area contributed by atoms with Crippen LogP contribution in [0.1, 0.15) is 38.3 Å². The van der Waals surface area contributed by atoms with Crippen molar-refractivity contribution in [3.05, 3.63) is 65.7 Å². The van der Waals surface area contributed by atoms with E-state index >= 15 is 0 Å². The molecule has 0 heterocycles. The Bertz CT molecular complexity index is 1010. The molecule has 2 amide bonds. The maximum atomic E-state index is 13.4. The van der Waals surface area contributed by atoms with E-state index in [1.165, 1.54) is 4.90 Å². The van der Waals surface area contributed by atoms with Crippen LogP contribution in [0.25, 0.3) is 0 Å². The minimum Gasteiger partial charge on any atom is -0.352 e. The zero-order chi connectivity index (χ0) is 23.9. The summed E-state index contributed by atoms with van der Waals surface area (Å²) in [5.74, 6) is -0.725. The highest BCUT2D eigenvalue weighted by molar-refractivity contribution is 7.92. The Morgan fingerprint density at radius 1 is 1.00 bits per heavy atom. The van der Waals surface area contributed by atoms with Crippen molar-refractivity contribution in [1.29, 1.82) is 0 Å². The van der Waals surface area contributed by atoms with Gasteiger partial charge in [-0.2, -0.15) is 0 Å². The van der Waals surface area contributed by atoms with Crippen molar-refractivity contribution in [3.8, 4) is 0 Å². The van der Waals surface area contributed by atoms with Gasteiger partial charge in [-0.1, -0.05) is 55.0 Å². The third-order valence-corrected chi connectivity index (χ3v) is 6.51. The van der Waals surface area contributed by atoms with Crippen molar-refractivity contribution < 1.29 is 18.0 Å². The Morgan fingerprint density at radius 2 is 1.59 bits per heavy atom. The number of nitrogens with one attached hydrogen (secondary N) is 1. The number of benzene rings is 2.